The number of likely N-dealkylation sites (N-methyl/N-ethyl adjacent to an activating group) is 1. The summed E-state index contributed by atoms with van der Waals surface area (Å²) in [6.45, 7) is 13.3. The number of nitrogens with one attached hydrogen (secondary N) is 1. The zero-order valence-electron chi connectivity index (χ0n) is 25.8. The molecular weight excluding hydrogens is 562 g/mol. The number of methoxy groups -OCH3 is 1. The van der Waals surface area contributed by atoms with Crippen molar-refractivity contribution >= 4 is 23.5 Å². The second-order valence-corrected chi connectivity index (χ2v) is 11.3. The molecule has 42 heavy (non-hydrogen) atoms. The van der Waals surface area contributed by atoms with Crippen LogP contribution in [0.3, 0.4) is 0 Å². The first-order valence-corrected chi connectivity index (χ1v) is 14.9. The van der Waals surface area contributed by atoms with Crippen LogP contribution in [0.2, 0.25) is 5.02 Å². The molecule has 0 radical (unpaired) electrons. The van der Waals surface area contributed by atoms with Crippen LogP contribution in [-0.4, -0.2) is 108 Å². The summed E-state index contributed by atoms with van der Waals surface area (Å²) < 4.78 is 28.1. The van der Waals surface area contributed by atoms with Crippen molar-refractivity contribution in [3.8, 4) is 5.75 Å². The number of halogens is 1. The quantitative estimate of drug-likeness (QED) is 0.235. The summed E-state index contributed by atoms with van der Waals surface area (Å²) in [4.78, 5) is 31.1. The third kappa shape index (κ3) is 9.98. The van der Waals surface area contributed by atoms with Gasteiger partial charge in [0.1, 0.15) is 11.9 Å². The molecule has 0 aliphatic carbocycles. The Labute approximate surface area is 254 Å². The van der Waals surface area contributed by atoms with E-state index in [1.807, 2.05) is 46.9 Å². The molecule has 234 valence electrons. The highest BCUT2D eigenvalue weighted by atomic mass is 35.5. The molecular formula is C31H46ClN3O7. The first-order chi connectivity index (χ1) is 20.1. The lowest BCUT2D eigenvalue weighted by molar-refractivity contribution is -0.147. The zero-order chi connectivity index (χ0) is 30.6. The maximum absolute atomic E-state index is 13.6. The Balaban J connectivity index is 1.58. The molecule has 0 bridgehead atoms. The van der Waals surface area contributed by atoms with Gasteiger partial charge in [0.2, 0.25) is 0 Å². The van der Waals surface area contributed by atoms with E-state index in [4.69, 9.17) is 35.3 Å². The van der Waals surface area contributed by atoms with Gasteiger partial charge in [-0.05, 0) is 45.5 Å². The van der Waals surface area contributed by atoms with Gasteiger partial charge in [-0.25, -0.2) is 9.59 Å². The third-order valence-corrected chi connectivity index (χ3v) is 7.86. The average Bonchev–Trinajstić information content (AvgIpc) is 2.93. The SMILES string of the molecule is COCCN(C)CC(CN1CCOCC1)OC(=O)C1=C(C)NC(C)=C(C(=O)OCCCOc2ccc(C)c(Cl)c2)C1C. The van der Waals surface area contributed by atoms with E-state index < -0.39 is 17.9 Å². The van der Waals surface area contributed by atoms with Crippen LogP contribution in [0.25, 0.3) is 0 Å². The van der Waals surface area contributed by atoms with E-state index >= 15 is 0 Å². The molecule has 10 nitrogen and oxygen atoms in total. The monoisotopic (exact) mass is 607 g/mol. The smallest absolute Gasteiger partial charge is 0.336 e. The maximum atomic E-state index is 13.6. The number of esters is 2. The van der Waals surface area contributed by atoms with E-state index in [-0.39, 0.29) is 12.7 Å². The van der Waals surface area contributed by atoms with Crippen molar-refractivity contribution < 1.29 is 33.3 Å². The summed E-state index contributed by atoms with van der Waals surface area (Å²) >= 11 is 6.15. The second-order valence-electron chi connectivity index (χ2n) is 10.9. The van der Waals surface area contributed by atoms with Crippen molar-refractivity contribution in [2.24, 2.45) is 5.92 Å². The molecule has 0 amide bonds. The number of rotatable bonds is 15. The van der Waals surface area contributed by atoms with Crippen LogP contribution in [0, 0.1) is 12.8 Å². The number of benzene rings is 1. The summed E-state index contributed by atoms with van der Waals surface area (Å²) in [6, 6.07) is 5.52. The van der Waals surface area contributed by atoms with Crippen LogP contribution in [-0.2, 0) is 28.5 Å². The van der Waals surface area contributed by atoms with E-state index in [1.54, 1.807) is 13.2 Å². The topological polar surface area (TPSA) is 98.8 Å². The van der Waals surface area contributed by atoms with Crippen molar-refractivity contribution in [2.45, 2.75) is 40.2 Å². The number of hydrogen-bond acceptors (Lipinski definition) is 10. The molecule has 0 saturated carbocycles. The fourth-order valence-corrected chi connectivity index (χ4v) is 5.30. The Morgan fingerprint density at radius 2 is 1.79 bits per heavy atom. The number of hydrogen-bond donors (Lipinski definition) is 1. The zero-order valence-corrected chi connectivity index (χ0v) is 26.6. The van der Waals surface area contributed by atoms with E-state index in [0.717, 1.165) is 25.2 Å². The number of dihydropyridines is 1. The number of carbonyl (C=O) groups excluding carboxylic acids is 2. The summed E-state index contributed by atoms with van der Waals surface area (Å²) in [6.07, 6.45) is 0.144. The van der Waals surface area contributed by atoms with Gasteiger partial charge in [-0.2, -0.15) is 0 Å². The lowest BCUT2D eigenvalue weighted by atomic mass is 9.87. The van der Waals surface area contributed by atoms with Crippen LogP contribution in [0.15, 0.2) is 40.7 Å². The lowest BCUT2D eigenvalue weighted by Gasteiger charge is -2.33. The molecule has 2 heterocycles. The van der Waals surface area contributed by atoms with Gasteiger partial charge in [-0.1, -0.05) is 24.6 Å². The minimum absolute atomic E-state index is 0.180. The van der Waals surface area contributed by atoms with Gasteiger partial charge in [0, 0.05) is 68.6 Å². The molecule has 2 atom stereocenters. The van der Waals surface area contributed by atoms with Crippen molar-refractivity contribution in [1.82, 2.24) is 15.1 Å². The molecule has 0 aromatic heterocycles. The normalized spacial score (nSPS) is 18.6. The molecule has 1 aromatic carbocycles. The van der Waals surface area contributed by atoms with Crippen molar-refractivity contribution in [3.63, 3.8) is 0 Å². The Morgan fingerprint density at radius 1 is 1.10 bits per heavy atom. The summed E-state index contributed by atoms with van der Waals surface area (Å²) in [7, 11) is 3.65. The molecule has 3 rings (SSSR count). The van der Waals surface area contributed by atoms with Gasteiger partial charge < -0.3 is 33.9 Å². The minimum Gasteiger partial charge on any atom is -0.493 e. The van der Waals surface area contributed by atoms with E-state index in [9.17, 15) is 9.59 Å². The van der Waals surface area contributed by atoms with Crippen LogP contribution < -0.4 is 10.1 Å². The molecule has 11 heteroatoms. The van der Waals surface area contributed by atoms with Gasteiger partial charge in [0.25, 0.3) is 0 Å². The number of nitrogens with zero attached hydrogens (tertiary/aromatic N) is 2. The van der Waals surface area contributed by atoms with Gasteiger partial charge >= 0.3 is 11.9 Å². The van der Waals surface area contributed by atoms with E-state index in [0.29, 0.717) is 79.3 Å². The maximum Gasteiger partial charge on any atom is 0.336 e. The molecule has 2 aliphatic rings. The Morgan fingerprint density at radius 3 is 2.45 bits per heavy atom. The predicted octanol–water partition coefficient (Wildman–Crippen LogP) is 3.57. The largest absolute Gasteiger partial charge is 0.493 e. The van der Waals surface area contributed by atoms with Gasteiger partial charge in [0.15, 0.2) is 0 Å². The minimum atomic E-state index is -0.493. The number of morpholine rings is 1. The predicted molar refractivity (Wildman–Crippen MR) is 161 cm³/mol. The van der Waals surface area contributed by atoms with Crippen LogP contribution in [0.1, 0.15) is 32.8 Å². The molecule has 1 aromatic rings. The van der Waals surface area contributed by atoms with E-state index in [2.05, 4.69) is 15.1 Å². The standard InChI is InChI=1S/C31H46ClN3O7/c1-21-8-9-25(18-27(21)32)40-13-7-14-41-30(36)28-22(2)29(24(4)33-23(28)3)31(37)42-26(19-34(5)10-15-38-6)20-35-11-16-39-17-12-35/h8-9,18,22,26,33H,7,10-17,19-20H2,1-6H3. The molecule has 1 saturated heterocycles. The number of aryl methyl sites for hydroxylation is 1. The van der Waals surface area contributed by atoms with Gasteiger partial charge in [-0.15, -0.1) is 0 Å². The van der Waals surface area contributed by atoms with Crippen molar-refractivity contribution in [1.29, 1.82) is 0 Å². The molecule has 0 spiro atoms. The molecule has 1 N–H and O–H groups in total. The highest BCUT2D eigenvalue weighted by molar-refractivity contribution is 6.31. The number of ether oxygens (including phenoxy) is 5. The number of carbonyl (C=O) groups is 2. The van der Waals surface area contributed by atoms with Crippen LogP contribution >= 0.6 is 11.6 Å². The Kier molecular flexibility index (Phi) is 13.6. The molecule has 2 unspecified atom stereocenters. The van der Waals surface area contributed by atoms with Crippen molar-refractivity contribution in [2.75, 3.05) is 79.9 Å². The van der Waals surface area contributed by atoms with Gasteiger partial charge in [-0.3, -0.25) is 4.90 Å². The molecule has 1 fully saturated rings. The molecule has 2 aliphatic heterocycles. The fourth-order valence-electron chi connectivity index (χ4n) is 5.13. The van der Waals surface area contributed by atoms with Gasteiger partial charge in [0.05, 0.1) is 44.2 Å². The highest BCUT2D eigenvalue weighted by Gasteiger charge is 2.35. The summed E-state index contributed by atoms with van der Waals surface area (Å²) in [5.74, 6) is -0.727. The Hall–Kier alpha value is -2.63. The van der Waals surface area contributed by atoms with Crippen LogP contribution in [0.4, 0.5) is 0 Å². The summed E-state index contributed by atoms with van der Waals surface area (Å²) in [5, 5.41) is 3.84. The number of allylic oxidation sites excluding steroid dienone is 2. The average molecular weight is 608 g/mol. The van der Waals surface area contributed by atoms with Crippen molar-refractivity contribution in [3.05, 3.63) is 51.3 Å². The second kappa shape index (κ2) is 16.9. The first-order valence-electron chi connectivity index (χ1n) is 14.5. The fraction of sp³-hybridized carbons (Fsp3) is 0.613. The summed E-state index contributed by atoms with van der Waals surface area (Å²) in [5.41, 5.74) is 3.16. The third-order valence-electron chi connectivity index (χ3n) is 7.45. The lowest BCUT2D eigenvalue weighted by Crippen LogP contribution is -2.46. The van der Waals surface area contributed by atoms with E-state index in [1.165, 1.54) is 0 Å². The highest BCUT2D eigenvalue weighted by Crippen LogP contribution is 2.31. The Bertz CT molecular complexity index is 1130. The van der Waals surface area contributed by atoms with Crippen LogP contribution in [0.5, 0.6) is 5.75 Å². The first kappa shape index (κ1) is 33.9.